The Bertz CT molecular complexity index is 2970. The molecule has 0 fully saturated rings. The maximum Gasteiger partial charge on any atom is 0.0541 e. The number of hydrogen-bond donors (Lipinski definition) is 0. The van der Waals surface area contributed by atoms with Gasteiger partial charge >= 0.3 is 0 Å². The highest BCUT2D eigenvalue weighted by molar-refractivity contribution is 6.09. The third-order valence-electron chi connectivity index (χ3n) is 13.0. The summed E-state index contributed by atoms with van der Waals surface area (Å²) in [7, 11) is 0. The molecule has 0 N–H and O–H groups in total. The second kappa shape index (κ2) is 12.8. The highest BCUT2D eigenvalue weighted by Gasteiger charge is 2.38. The molecule has 0 heterocycles. The van der Waals surface area contributed by atoms with E-state index in [1.54, 1.807) is 0 Å². The molecule has 2 heteroatoms. The summed E-state index contributed by atoms with van der Waals surface area (Å²) in [5.41, 5.74) is 17.4. The zero-order valence-corrected chi connectivity index (χ0v) is 33.4. The van der Waals surface area contributed by atoms with E-state index in [2.05, 4.69) is 232 Å². The Kier molecular flexibility index (Phi) is 7.59. The first-order valence-corrected chi connectivity index (χ1v) is 20.4. The second-order valence-electron chi connectivity index (χ2n) is 17.0. The highest BCUT2D eigenvalue weighted by Crippen LogP contribution is 2.54. The Morgan fingerprint density at radius 3 is 1.29 bits per heavy atom. The predicted octanol–water partition coefficient (Wildman–Crippen LogP) is 15.5. The van der Waals surface area contributed by atoms with Crippen LogP contribution in [0.5, 0.6) is 0 Å². The standard InChI is InChI=1S/C56H44N2/c1-55(2)48-26-12-10-22-42(48)44-33-31-39(35-50(44)55)57(40-32-34-45-43-23-11-13-27-49(43)56(3,4)51(45)36-40)53-29-15-25-47-46(53)24-16-30-54(47)58(38-19-6-5-7-20-38)52-28-14-18-37-17-8-9-21-41(37)52/h5-36H,1-4H3. The van der Waals surface area contributed by atoms with Gasteiger partial charge in [-0.3, -0.25) is 0 Å². The smallest absolute Gasteiger partial charge is 0.0541 e. The first-order valence-electron chi connectivity index (χ1n) is 20.4. The van der Waals surface area contributed by atoms with Gasteiger partial charge in [0, 0.05) is 44.1 Å². The molecule has 278 valence electrons. The third-order valence-corrected chi connectivity index (χ3v) is 13.0. The zero-order valence-electron chi connectivity index (χ0n) is 33.4. The Balaban J connectivity index is 1.16. The normalized spacial score (nSPS) is 14.1. The maximum absolute atomic E-state index is 2.51. The number of rotatable bonds is 6. The van der Waals surface area contributed by atoms with Gasteiger partial charge in [0.15, 0.2) is 0 Å². The second-order valence-corrected chi connectivity index (χ2v) is 17.0. The lowest BCUT2D eigenvalue weighted by atomic mass is 9.82. The Morgan fingerprint density at radius 2 is 0.707 bits per heavy atom. The first-order chi connectivity index (χ1) is 28.3. The molecule has 9 aromatic rings. The SMILES string of the molecule is CC1(C)c2ccccc2-c2ccc(N(c3ccc4c(c3)C(C)(C)c3ccccc3-4)c3cccc4c(N(c5ccccc5)c5cccc6ccccc56)cccc34)cc21. The van der Waals surface area contributed by atoms with Crippen molar-refractivity contribution in [2.45, 2.75) is 38.5 Å². The predicted molar refractivity (Wildman–Crippen MR) is 246 cm³/mol. The van der Waals surface area contributed by atoms with Crippen molar-refractivity contribution >= 4 is 55.7 Å². The topological polar surface area (TPSA) is 6.48 Å². The van der Waals surface area contributed by atoms with Crippen molar-refractivity contribution in [1.29, 1.82) is 0 Å². The van der Waals surface area contributed by atoms with E-state index < -0.39 is 0 Å². The van der Waals surface area contributed by atoms with Crippen molar-refractivity contribution in [2.75, 3.05) is 9.80 Å². The molecular formula is C56H44N2. The van der Waals surface area contributed by atoms with Crippen LogP contribution in [0.15, 0.2) is 194 Å². The van der Waals surface area contributed by atoms with E-state index in [1.807, 2.05) is 0 Å². The molecule has 0 spiro atoms. The van der Waals surface area contributed by atoms with Gasteiger partial charge in [-0.05, 0) is 104 Å². The van der Waals surface area contributed by atoms with Crippen molar-refractivity contribution in [1.82, 2.24) is 0 Å². The number of nitrogens with zero attached hydrogens (tertiary/aromatic N) is 2. The van der Waals surface area contributed by atoms with Crippen LogP contribution in [0.2, 0.25) is 0 Å². The van der Waals surface area contributed by atoms with Gasteiger partial charge in [-0.15, -0.1) is 0 Å². The lowest BCUT2D eigenvalue weighted by Crippen LogP contribution is -2.18. The molecule has 2 aliphatic carbocycles. The lowest BCUT2D eigenvalue weighted by Gasteiger charge is -2.32. The molecule has 0 unspecified atom stereocenters. The molecular weight excluding hydrogens is 701 g/mol. The molecule has 0 bridgehead atoms. The summed E-state index contributed by atoms with van der Waals surface area (Å²) in [5.74, 6) is 0. The average Bonchev–Trinajstić information content (AvgIpc) is 3.63. The van der Waals surface area contributed by atoms with E-state index >= 15 is 0 Å². The van der Waals surface area contributed by atoms with Crippen LogP contribution in [0.25, 0.3) is 43.8 Å². The minimum absolute atomic E-state index is 0.129. The lowest BCUT2D eigenvalue weighted by molar-refractivity contribution is 0.660. The number of para-hydroxylation sites is 1. The van der Waals surface area contributed by atoms with Crippen molar-refractivity contribution in [3.63, 3.8) is 0 Å². The van der Waals surface area contributed by atoms with Crippen molar-refractivity contribution < 1.29 is 0 Å². The van der Waals surface area contributed by atoms with E-state index in [-0.39, 0.29) is 10.8 Å². The fourth-order valence-electron chi connectivity index (χ4n) is 10.1. The van der Waals surface area contributed by atoms with Gasteiger partial charge in [0.1, 0.15) is 0 Å². The molecule has 0 radical (unpaired) electrons. The minimum atomic E-state index is -0.129. The molecule has 9 aromatic carbocycles. The molecule has 0 atom stereocenters. The summed E-state index contributed by atoms with van der Waals surface area (Å²) in [6.45, 7) is 9.49. The fraction of sp³-hybridized carbons (Fsp3) is 0.107. The van der Waals surface area contributed by atoms with Gasteiger partial charge in [0.2, 0.25) is 0 Å². The van der Waals surface area contributed by atoms with Gasteiger partial charge in [0.25, 0.3) is 0 Å². The maximum atomic E-state index is 2.51. The Hall–Kier alpha value is -6.90. The van der Waals surface area contributed by atoms with Crippen LogP contribution in [-0.4, -0.2) is 0 Å². The number of fused-ring (bicyclic) bond motifs is 8. The van der Waals surface area contributed by atoms with Gasteiger partial charge in [-0.2, -0.15) is 0 Å². The number of benzene rings is 9. The van der Waals surface area contributed by atoms with E-state index in [9.17, 15) is 0 Å². The largest absolute Gasteiger partial charge is 0.310 e. The van der Waals surface area contributed by atoms with E-state index in [4.69, 9.17) is 0 Å². The molecule has 0 aromatic heterocycles. The third kappa shape index (κ3) is 5.04. The van der Waals surface area contributed by atoms with Crippen LogP contribution in [-0.2, 0) is 10.8 Å². The van der Waals surface area contributed by atoms with Crippen molar-refractivity contribution in [3.05, 3.63) is 216 Å². The molecule has 0 aliphatic heterocycles. The summed E-state index contributed by atoms with van der Waals surface area (Å²) in [6, 6.07) is 71.9. The molecule has 0 amide bonds. The summed E-state index contributed by atoms with van der Waals surface area (Å²) in [4.78, 5) is 4.94. The summed E-state index contributed by atoms with van der Waals surface area (Å²) in [5, 5.41) is 4.81. The van der Waals surface area contributed by atoms with Gasteiger partial charge in [-0.1, -0.05) is 167 Å². The van der Waals surface area contributed by atoms with Gasteiger partial charge < -0.3 is 9.80 Å². The zero-order chi connectivity index (χ0) is 39.2. The van der Waals surface area contributed by atoms with Crippen molar-refractivity contribution in [3.8, 4) is 22.3 Å². The molecule has 11 rings (SSSR count). The molecule has 2 aliphatic rings. The van der Waals surface area contributed by atoms with Crippen LogP contribution < -0.4 is 9.80 Å². The minimum Gasteiger partial charge on any atom is -0.310 e. The Morgan fingerprint density at radius 1 is 0.293 bits per heavy atom. The number of hydrogen-bond acceptors (Lipinski definition) is 2. The monoisotopic (exact) mass is 744 g/mol. The van der Waals surface area contributed by atoms with Crippen LogP contribution in [0.1, 0.15) is 49.9 Å². The van der Waals surface area contributed by atoms with Crippen LogP contribution >= 0.6 is 0 Å². The fourth-order valence-corrected chi connectivity index (χ4v) is 10.1. The molecule has 2 nitrogen and oxygen atoms in total. The molecule has 0 saturated carbocycles. The van der Waals surface area contributed by atoms with Gasteiger partial charge in [-0.25, -0.2) is 0 Å². The average molecular weight is 745 g/mol. The summed E-state index contributed by atoms with van der Waals surface area (Å²) < 4.78 is 0. The quantitative estimate of drug-likeness (QED) is 0.167. The van der Waals surface area contributed by atoms with Crippen molar-refractivity contribution in [2.24, 2.45) is 0 Å². The highest BCUT2D eigenvalue weighted by atomic mass is 15.2. The summed E-state index contributed by atoms with van der Waals surface area (Å²) in [6.07, 6.45) is 0. The van der Waals surface area contributed by atoms with Gasteiger partial charge in [0.05, 0.1) is 17.1 Å². The Labute approximate surface area is 341 Å². The molecule has 58 heavy (non-hydrogen) atoms. The van der Waals surface area contributed by atoms with Crippen LogP contribution in [0.3, 0.4) is 0 Å². The molecule has 0 saturated heterocycles. The first kappa shape index (κ1) is 34.4. The van der Waals surface area contributed by atoms with Crippen LogP contribution in [0, 0.1) is 0 Å². The van der Waals surface area contributed by atoms with Crippen LogP contribution in [0.4, 0.5) is 34.1 Å². The van der Waals surface area contributed by atoms with E-state index in [0.717, 1.165) is 34.1 Å². The van der Waals surface area contributed by atoms with E-state index in [1.165, 1.54) is 66.1 Å². The van der Waals surface area contributed by atoms with E-state index in [0.29, 0.717) is 0 Å². The number of anilines is 6. The summed E-state index contributed by atoms with van der Waals surface area (Å²) >= 11 is 0.